The van der Waals surface area contributed by atoms with Crippen LogP contribution in [0.25, 0.3) is 0 Å². The van der Waals surface area contributed by atoms with Gasteiger partial charge in [0.1, 0.15) is 5.60 Å². The summed E-state index contributed by atoms with van der Waals surface area (Å²) in [5.74, 6) is -1.26. The summed E-state index contributed by atoms with van der Waals surface area (Å²) in [7, 11) is 0. The van der Waals surface area contributed by atoms with E-state index < -0.39 is 22.5 Å². The topological polar surface area (TPSA) is 131 Å². The monoisotopic (exact) mass is 392 g/mol. The minimum absolute atomic E-state index is 0.127. The number of nitro groups is 1. The lowest BCUT2D eigenvalue weighted by atomic mass is 9.96. The molecule has 152 valence electrons. The molecule has 0 saturated carbocycles. The lowest BCUT2D eigenvalue weighted by molar-refractivity contribution is -0.384. The summed E-state index contributed by atoms with van der Waals surface area (Å²) in [6, 6.07) is 5.03. The van der Waals surface area contributed by atoms with Crippen LogP contribution in [0.15, 0.2) is 24.3 Å². The Morgan fingerprint density at radius 1 is 1.11 bits per heavy atom. The molecule has 0 aliphatic carbocycles. The van der Waals surface area contributed by atoms with Crippen molar-refractivity contribution < 1.29 is 24.0 Å². The number of hydrazine groups is 1. The van der Waals surface area contributed by atoms with E-state index in [0.717, 1.165) is 0 Å². The van der Waals surface area contributed by atoms with Crippen molar-refractivity contribution in [2.24, 2.45) is 5.92 Å². The second-order valence-electron chi connectivity index (χ2n) is 7.49. The van der Waals surface area contributed by atoms with Crippen LogP contribution in [0.4, 0.5) is 10.5 Å². The van der Waals surface area contributed by atoms with Crippen LogP contribution in [0.2, 0.25) is 0 Å². The number of rotatable bonds is 3. The maximum absolute atomic E-state index is 12.2. The van der Waals surface area contributed by atoms with Gasteiger partial charge in [-0.2, -0.15) is 0 Å². The molecule has 0 bridgehead atoms. The molecule has 28 heavy (non-hydrogen) atoms. The van der Waals surface area contributed by atoms with Crippen LogP contribution < -0.4 is 10.9 Å². The highest BCUT2D eigenvalue weighted by molar-refractivity contribution is 5.95. The highest BCUT2D eigenvalue weighted by atomic mass is 16.6. The molecule has 1 fully saturated rings. The van der Waals surface area contributed by atoms with Gasteiger partial charge < -0.3 is 9.64 Å². The summed E-state index contributed by atoms with van der Waals surface area (Å²) < 4.78 is 5.31. The molecule has 10 heteroatoms. The first kappa shape index (κ1) is 21.1. The predicted octanol–water partition coefficient (Wildman–Crippen LogP) is 2.00. The van der Waals surface area contributed by atoms with Crippen LogP contribution in [0.1, 0.15) is 44.0 Å². The highest BCUT2D eigenvalue weighted by Gasteiger charge is 2.30. The van der Waals surface area contributed by atoms with E-state index in [1.807, 2.05) is 0 Å². The van der Waals surface area contributed by atoms with Crippen molar-refractivity contribution in [2.75, 3.05) is 13.1 Å². The molecule has 1 aromatic rings. The normalized spacial score (nSPS) is 14.9. The van der Waals surface area contributed by atoms with Crippen molar-refractivity contribution in [3.63, 3.8) is 0 Å². The smallest absolute Gasteiger partial charge is 0.410 e. The molecule has 1 aromatic carbocycles. The van der Waals surface area contributed by atoms with E-state index in [-0.39, 0.29) is 23.1 Å². The number of nitrogens with one attached hydrogen (secondary N) is 2. The number of benzene rings is 1. The maximum atomic E-state index is 12.2. The SMILES string of the molecule is CC(C)(C)OC(=O)N1CCC(C(=O)NNC(=O)c2ccc([N+](=O)[O-])cc2)CC1. The Morgan fingerprint density at radius 3 is 2.18 bits per heavy atom. The van der Waals surface area contributed by atoms with Gasteiger partial charge in [-0.3, -0.25) is 30.6 Å². The van der Waals surface area contributed by atoms with E-state index in [2.05, 4.69) is 10.9 Å². The fourth-order valence-corrected chi connectivity index (χ4v) is 2.68. The lowest BCUT2D eigenvalue weighted by Gasteiger charge is -2.32. The summed E-state index contributed by atoms with van der Waals surface area (Å²) in [5, 5.41) is 10.6. The van der Waals surface area contributed by atoms with E-state index in [9.17, 15) is 24.5 Å². The van der Waals surface area contributed by atoms with Crippen molar-refractivity contribution in [1.29, 1.82) is 0 Å². The summed E-state index contributed by atoms with van der Waals surface area (Å²) in [6.45, 7) is 6.16. The highest BCUT2D eigenvalue weighted by Crippen LogP contribution is 2.19. The van der Waals surface area contributed by atoms with Gasteiger partial charge in [0.15, 0.2) is 0 Å². The summed E-state index contributed by atoms with van der Waals surface area (Å²) >= 11 is 0. The number of carbonyl (C=O) groups excluding carboxylic acids is 3. The minimum Gasteiger partial charge on any atom is -0.444 e. The molecule has 1 aliphatic heterocycles. The molecule has 0 unspecified atom stereocenters. The fourth-order valence-electron chi connectivity index (χ4n) is 2.68. The van der Waals surface area contributed by atoms with Gasteiger partial charge in [0.2, 0.25) is 5.91 Å². The van der Waals surface area contributed by atoms with Gasteiger partial charge >= 0.3 is 6.09 Å². The third kappa shape index (κ3) is 5.93. The summed E-state index contributed by atoms with van der Waals surface area (Å²) in [4.78, 5) is 47.9. The average Bonchev–Trinajstić information content (AvgIpc) is 2.64. The van der Waals surface area contributed by atoms with Crippen molar-refractivity contribution >= 4 is 23.6 Å². The van der Waals surface area contributed by atoms with Crippen molar-refractivity contribution in [2.45, 2.75) is 39.2 Å². The Morgan fingerprint density at radius 2 is 1.68 bits per heavy atom. The molecule has 0 atom stereocenters. The van der Waals surface area contributed by atoms with Gasteiger partial charge in [-0.25, -0.2) is 4.79 Å². The quantitative estimate of drug-likeness (QED) is 0.597. The molecule has 2 N–H and O–H groups in total. The number of piperidine rings is 1. The van der Waals surface area contributed by atoms with E-state index in [0.29, 0.717) is 25.9 Å². The van der Waals surface area contributed by atoms with E-state index in [1.165, 1.54) is 24.3 Å². The molecule has 1 aliphatic rings. The molecular formula is C18H24N4O6. The molecule has 0 aromatic heterocycles. The largest absolute Gasteiger partial charge is 0.444 e. The van der Waals surface area contributed by atoms with Gasteiger partial charge in [0, 0.05) is 36.7 Å². The Bertz CT molecular complexity index is 748. The summed E-state index contributed by atoms with van der Waals surface area (Å²) in [6.07, 6.45) is 0.509. The minimum atomic E-state index is -0.576. The van der Waals surface area contributed by atoms with Gasteiger partial charge in [0.25, 0.3) is 11.6 Å². The number of amides is 3. The average molecular weight is 392 g/mol. The lowest BCUT2D eigenvalue weighted by Crippen LogP contribution is -2.48. The zero-order chi connectivity index (χ0) is 20.9. The molecular weight excluding hydrogens is 368 g/mol. The second-order valence-corrected chi connectivity index (χ2v) is 7.49. The standard InChI is InChI=1S/C18H24N4O6/c1-18(2,3)28-17(25)21-10-8-13(9-11-21)16(24)20-19-15(23)12-4-6-14(7-5-12)22(26)27/h4-7,13H,8-11H2,1-3H3,(H,19,23)(H,20,24). The van der Waals surface area contributed by atoms with Crippen molar-refractivity contribution in [3.05, 3.63) is 39.9 Å². The fraction of sp³-hybridized carbons (Fsp3) is 0.500. The van der Waals surface area contributed by atoms with Crippen LogP contribution in [0, 0.1) is 16.0 Å². The van der Waals surface area contributed by atoms with Gasteiger partial charge in [-0.15, -0.1) is 0 Å². The second kappa shape index (κ2) is 8.68. The van der Waals surface area contributed by atoms with Crippen molar-refractivity contribution in [3.8, 4) is 0 Å². The Hall–Kier alpha value is -3.17. The number of ether oxygens (including phenoxy) is 1. The molecule has 0 spiro atoms. The number of nitro benzene ring substituents is 1. The number of non-ortho nitro benzene ring substituents is 1. The van der Waals surface area contributed by atoms with Crippen LogP contribution in [0.3, 0.4) is 0 Å². The van der Waals surface area contributed by atoms with E-state index >= 15 is 0 Å². The van der Waals surface area contributed by atoms with E-state index in [1.54, 1.807) is 25.7 Å². The van der Waals surface area contributed by atoms with Crippen molar-refractivity contribution in [1.82, 2.24) is 15.8 Å². The Balaban J connectivity index is 1.79. The molecule has 1 saturated heterocycles. The third-order valence-electron chi connectivity index (χ3n) is 4.16. The Labute approximate surface area is 162 Å². The zero-order valence-corrected chi connectivity index (χ0v) is 16.1. The predicted molar refractivity (Wildman–Crippen MR) is 99.2 cm³/mol. The molecule has 10 nitrogen and oxygen atoms in total. The Kier molecular flexibility index (Phi) is 6.55. The number of likely N-dealkylation sites (tertiary alicyclic amines) is 1. The number of nitrogens with zero attached hydrogens (tertiary/aromatic N) is 2. The zero-order valence-electron chi connectivity index (χ0n) is 16.1. The van der Waals surface area contributed by atoms with Gasteiger partial charge in [-0.1, -0.05) is 0 Å². The molecule has 1 heterocycles. The first-order chi connectivity index (χ1) is 13.1. The van der Waals surface area contributed by atoms with Crippen LogP contribution in [-0.4, -0.2) is 46.4 Å². The van der Waals surface area contributed by atoms with Crippen LogP contribution in [-0.2, 0) is 9.53 Å². The molecule has 2 rings (SSSR count). The van der Waals surface area contributed by atoms with Crippen LogP contribution in [0.5, 0.6) is 0 Å². The number of hydrogen-bond acceptors (Lipinski definition) is 6. The summed E-state index contributed by atoms with van der Waals surface area (Å²) in [5.41, 5.74) is 4.14. The first-order valence-corrected chi connectivity index (χ1v) is 8.89. The first-order valence-electron chi connectivity index (χ1n) is 8.89. The van der Waals surface area contributed by atoms with E-state index in [4.69, 9.17) is 4.74 Å². The third-order valence-corrected chi connectivity index (χ3v) is 4.16. The number of hydrogen-bond donors (Lipinski definition) is 2. The van der Waals surface area contributed by atoms with Gasteiger partial charge in [-0.05, 0) is 45.7 Å². The molecule has 3 amide bonds. The van der Waals surface area contributed by atoms with Crippen LogP contribution >= 0.6 is 0 Å². The maximum Gasteiger partial charge on any atom is 0.410 e. The van der Waals surface area contributed by atoms with Gasteiger partial charge in [0.05, 0.1) is 4.92 Å². The number of carbonyl (C=O) groups is 3. The molecule has 0 radical (unpaired) electrons.